The van der Waals surface area contributed by atoms with E-state index in [0.717, 1.165) is 18.2 Å². The fourth-order valence-corrected chi connectivity index (χ4v) is 4.09. The Morgan fingerprint density at radius 1 is 1.31 bits per heavy atom. The summed E-state index contributed by atoms with van der Waals surface area (Å²) >= 11 is 7.41. The third-order valence-electron chi connectivity index (χ3n) is 1.71. The lowest BCUT2D eigenvalue weighted by Gasteiger charge is -2.17. The Labute approximate surface area is 94.5 Å². The molecule has 2 heterocycles. The van der Waals surface area contributed by atoms with Crippen molar-refractivity contribution >= 4 is 49.7 Å². The van der Waals surface area contributed by atoms with Crippen LogP contribution in [0.15, 0.2) is 5.38 Å². The van der Waals surface area contributed by atoms with E-state index in [1.54, 1.807) is 11.3 Å². The van der Waals surface area contributed by atoms with Crippen LogP contribution < -0.4 is 4.90 Å². The first-order valence-electron chi connectivity index (χ1n) is 3.96. The summed E-state index contributed by atoms with van der Waals surface area (Å²) in [6.07, 6.45) is 0. The number of rotatable bonds is 1. The summed E-state index contributed by atoms with van der Waals surface area (Å²) < 4.78 is 0. The van der Waals surface area contributed by atoms with Crippen molar-refractivity contribution in [1.29, 1.82) is 0 Å². The van der Waals surface area contributed by atoms with Crippen LogP contribution in [0.25, 0.3) is 0 Å². The van der Waals surface area contributed by atoms with Gasteiger partial charge in [-0.1, -0.05) is 33.2 Å². The van der Waals surface area contributed by atoms with Crippen molar-refractivity contribution in [2.24, 2.45) is 0 Å². The maximum atomic E-state index is 5.78. The van der Waals surface area contributed by atoms with E-state index in [9.17, 15) is 0 Å². The summed E-state index contributed by atoms with van der Waals surface area (Å²) in [6.45, 7) is 2.17. The van der Waals surface area contributed by atoms with Crippen LogP contribution in [0.2, 0.25) is 5.15 Å². The molecular formula is C7H9ClN2S3. The smallest absolute Gasteiger partial charge is 0.186 e. The minimum absolute atomic E-state index is 0.615. The molecule has 1 aliphatic heterocycles. The Morgan fingerprint density at radius 2 is 2.00 bits per heavy atom. The molecule has 0 bridgehead atoms. The van der Waals surface area contributed by atoms with Crippen molar-refractivity contribution in [3.8, 4) is 0 Å². The highest BCUT2D eigenvalue weighted by Gasteiger charge is 2.13. The minimum atomic E-state index is 0.615. The molecule has 1 saturated heterocycles. The van der Waals surface area contributed by atoms with Gasteiger partial charge in [-0.2, -0.15) is 0 Å². The van der Waals surface area contributed by atoms with E-state index in [1.165, 1.54) is 11.5 Å². The van der Waals surface area contributed by atoms with Crippen molar-refractivity contribution in [3.63, 3.8) is 0 Å². The second-order valence-electron chi connectivity index (χ2n) is 2.58. The second-order valence-corrected chi connectivity index (χ2v) is 6.51. The van der Waals surface area contributed by atoms with Crippen molar-refractivity contribution in [1.82, 2.24) is 4.98 Å². The summed E-state index contributed by atoms with van der Waals surface area (Å²) in [6, 6.07) is 0. The van der Waals surface area contributed by atoms with Crippen molar-refractivity contribution in [3.05, 3.63) is 10.5 Å². The molecule has 2 nitrogen and oxygen atoms in total. The maximum absolute atomic E-state index is 5.78. The molecular weight excluding hydrogens is 244 g/mol. The van der Waals surface area contributed by atoms with Gasteiger partial charge in [0.1, 0.15) is 5.15 Å². The molecule has 13 heavy (non-hydrogen) atoms. The molecule has 1 aliphatic rings. The van der Waals surface area contributed by atoms with E-state index in [-0.39, 0.29) is 0 Å². The van der Waals surface area contributed by atoms with Crippen molar-refractivity contribution < 1.29 is 0 Å². The molecule has 1 aromatic heterocycles. The average molecular weight is 253 g/mol. The average Bonchev–Trinajstić information content (AvgIpc) is 2.43. The van der Waals surface area contributed by atoms with Gasteiger partial charge in [0.05, 0.1) is 0 Å². The van der Waals surface area contributed by atoms with Gasteiger partial charge in [-0.3, -0.25) is 0 Å². The topological polar surface area (TPSA) is 16.1 Å². The summed E-state index contributed by atoms with van der Waals surface area (Å²) in [5, 5.41) is 3.57. The van der Waals surface area contributed by atoms with Crippen LogP contribution in [0, 0.1) is 0 Å². The van der Waals surface area contributed by atoms with E-state index in [2.05, 4.69) is 9.88 Å². The first-order chi connectivity index (χ1) is 6.36. The third kappa shape index (κ3) is 2.68. The predicted octanol–water partition coefficient (Wildman–Crippen LogP) is 3.00. The highest BCUT2D eigenvalue weighted by Crippen LogP contribution is 2.29. The van der Waals surface area contributed by atoms with Crippen LogP contribution >= 0.6 is 44.5 Å². The van der Waals surface area contributed by atoms with Gasteiger partial charge in [0.2, 0.25) is 0 Å². The summed E-state index contributed by atoms with van der Waals surface area (Å²) in [5.74, 6) is 2.34. The Bertz CT molecular complexity index is 270. The Kier molecular flexibility index (Phi) is 3.66. The molecule has 2 rings (SSSR count). The molecule has 0 spiro atoms. The summed E-state index contributed by atoms with van der Waals surface area (Å²) in [5.41, 5.74) is 0. The molecule has 0 radical (unpaired) electrons. The van der Waals surface area contributed by atoms with E-state index in [4.69, 9.17) is 11.6 Å². The van der Waals surface area contributed by atoms with Gasteiger partial charge in [-0.15, -0.1) is 11.3 Å². The molecule has 0 atom stereocenters. The highest BCUT2D eigenvalue weighted by atomic mass is 35.5. The molecule has 0 N–H and O–H groups in total. The van der Waals surface area contributed by atoms with Crippen molar-refractivity contribution in [2.75, 3.05) is 29.5 Å². The molecule has 72 valence electrons. The van der Waals surface area contributed by atoms with Gasteiger partial charge in [0.15, 0.2) is 5.13 Å². The zero-order valence-corrected chi connectivity index (χ0v) is 10.1. The van der Waals surface area contributed by atoms with Crippen LogP contribution in [0.5, 0.6) is 0 Å². The molecule has 0 unspecified atom stereocenters. The molecule has 0 saturated carbocycles. The number of anilines is 1. The van der Waals surface area contributed by atoms with E-state index >= 15 is 0 Å². The molecule has 6 heteroatoms. The predicted molar refractivity (Wildman–Crippen MR) is 64.3 cm³/mol. The largest absolute Gasteiger partial charge is 0.346 e. The normalized spacial score (nSPS) is 18.7. The minimum Gasteiger partial charge on any atom is -0.346 e. The fourth-order valence-electron chi connectivity index (χ4n) is 1.11. The number of nitrogens with zero attached hydrogens (tertiary/aromatic N) is 2. The summed E-state index contributed by atoms with van der Waals surface area (Å²) in [4.78, 5) is 6.58. The quantitative estimate of drug-likeness (QED) is 0.714. The lowest BCUT2D eigenvalue weighted by molar-refractivity contribution is 0.877. The number of halogens is 1. The van der Waals surface area contributed by atoms with E-state index in [1.807, 2.05) is 27.0 Å². The second kappa shape index (κ2) is 4.77. The van der Waals surface area contributed by atoms with Gasteiger partial charge in [0.25, 0.3) is 0 Å². The number of aromatic nitrogens is 1. The van der Waals surface area contributed by atoms with Crippen molar-refractivity contribution in [2.45, 2.75) is 0 Å². The third-order valence-corrected chi connectivity index (χ3v) is 5.30. The first-order valence-corrected chi connectivity index (χ1v) is 7.71. The van der Waals surface area contributed by atoms with Crippen LogP contribution in [0.3, 0.4) is 0 Å². The molecule has 0 aliphatic carbocycles. The Balaban J connectivity index is 2.06. The zero-order chi connectivity index (χ0) is 9.10. The molecule has 1 fully saturated rings. The van der Waals surface area contributed by atoms with Crippen LogP contribution in [-0.4, -0.2) is 29.6 Å². The maximum Gasteiger partial charge on any atom is 0.186 e. The Hall–Kier alpha value is 0.420. The lowest BCUT2D eigenvalue weighted by atomic mass is 10.5. The number of hydrogen-bond donors (Lipinski definition) is 0. The Morgan fingerprint density at radius 3 is 2.54 bits per heavy atom. The molecule has 1 aromatic rings. The van der Waals surface area contributed by atoms with Crippen LogP contribution in [0.4, 0.5) is 5.13 Å². The van der Waals surface area contributed by atoms with E-state index in [0.29, 0.717) is 5.15 Å². The van der Waals surface area contributed by atoms with E-state index < -0.39 is 0 Å². The summed E-state index contributed by atoms with van der Waals surface area (Å²) in [7, 11) is 3.88. The molecule has 0 amide bonds. The van der Waals surface area contributed by atoms with Gasteiger partial charge in [-0.25, -0.2) is 4.98 Å². The number of thiazole rings is 1. The SMILES string of the molecule is Clc1csc(N2CCSSCC2)n1. The van der Waals surface area contributed by atoms with Crippen LogP contribution in [-0.2, 0) is 0 Å². The van der Waals surface area contributed by atoms with Gasteiger partial charge in [0, 0.05) is 30.0 Å². The zero-order valence-electron chi connectivity index (χ0n) is 6.90. The highest BCUT2D eigenvalue weighted by molar-refractivity contribution is 8.76. The first kappa shape index (κ1) is 9.96. The fraction of sp³-hybridized carbons (Fsp3) is 0.571. The number of hydrogen-bond acceptors (Lipinski definition) is 5. The monoisotopic (exact) mass is 252 g/mol. The van der Waals surface area contributed by atoms with Gasteiger partial charge in [-0.05, 0) is 0 Å². The lowest BCUT2D eigenvalue weighted by Crippen LogP contribution is -2.26. The standard InChI is InChI=1S/C7H9ClN2S3/c8-6-5-11-7(9-6)10-1-3-12-13-4-2-10/h5H,1-4H2. The van der Waals surface area contributed by atoms with Gasteiger partial charge >= 0.3 is 0 Å². The van der Waals surface area contributed by atoms with Gasteiger partial charge < -0.3 is 4.90 Å². The van der Waals surface area contributed by atoms with Crippen LogP contribution in [0.1, 0.15) is 0 Å². The molecule has 0 aromatic carbocycles.